The van der Waals surface area contributed by atoms with Gasteiger partial charge in [-0.25, -0.2) is 4.57 Å². The van der Waals surface area contributed by atoms with E-state index in [4.69, 9.17) is 9.05 Å². The van der Waals surface area contributed by atoms with E-state index < -0.39 is 7.82 Å². The predicted octanol–water partition coefficient (Wildman–Crippen LogP) is 8.34. The molecule has 0 aromatic heterocycles. The summed E-state index contributed by atoms with van der Waals surface area (Å²) in [7, 11) is 0.733. The second-order valence-corrected chi connectivity index (χ2v) is 15.5. The van der Waals surface area contributed by atoms with Crippen LogP contribution in [0.25, 0.3) is 0 Å². The Hall–Kier alpha value is -0.450. The first-order valence-electron chi connectivity index (χ1n) is 16.1. The van der Waals surface area contributed by atoms with Crippen molar-refractivity contribution in [1.82, 2.24) is 0 Å². The first kappa shape index (κ1) is 29.1. The molecule has 0 aromatic rings. The maximum atomic E-state index is 12.2. The molecule has 0 spiro atoms. The van der Waals surface area contributed by atoms with Crippen LogP contribution in [0.4, 0.5) is 0 Å². The first-order valence-corrected chi connectivity index (χ1v) is 17.6. The summed E-state index contributed by atoms with van der Waals surface area (Å²) >= 11 is 0. The summed E-state index contributed by atoms with van der Waals surface area (Å²) in [6, 6.07) is 1.37. The van der Waals surface area contributed by atoms with Crippen molar-refractivity contribution in [3.8, 4) is 0 Å². The number of piperidine rings is 1. The minimum Gasteiger partial charge on any atom is -0.323 e. The molecule has 4 aliphatic carbocycles. The van der Waals surface area contributed by atoms with Gasteiger partial charge in [-0.2, -0.15) is 0 Å². The van der Waals surface area contributed by atoms with Gasteiger partial charge in [-0.05, 0) is 75.0 Å². The molecule has 6 aliphatic rings. The third kappa shape index (κ3) is 7.43. The number of phosphoric ester groups is 1. The Bertz CT molecular complexity index is 848. The van der Waals surface area contributed by atoms with E-state index >= 15 is 0 Å². The molecule has 6 fully saturated rings. The first-order chi connectivity index (χ1) is 18.3. The van der Waals surface area contributed by atoms with Crippen LogP contribution in [0, 0.1) is 23.7 Å². The van der Waals surface area contributed by atoms with E-state index in [0.29, 0.717) is 18.7 Å². The summed E-state index contributed by atoms with van der Waals surface area (Å²) in [6.07, 6.45) is 28.0. The molecule has 2 heterocycles. The fraction of sp³-hybridized carbons (Fsp3) is 0.875. The molecule has 1 N–H and O–H groups in total. The van der Waals surface area contributed by atoms with Crippen molar-refractivity contribution in [3.63, 3.8) is 0 Å². The van der Waals surface area contributed by atoms with E-state index in [0.717, 1.165) is 53.8 Å². The molecule has 6 heteroatoms. The fourth-order valence-corrected chi connectivity index (χ4v) is 9.68. The summed E-state index contributed by atoms with van der Waals surface area (Å²) in [6.45, 7) is 0.480. The molecule has 2 aliphatic heterocycles. The van der Waals surface area contributed by atoms with E-state index in [1.54, 1.807) is 6.42 Å². The molecule has 4 saturated carbocycles. The molecule has 3 atom stereocenters. The summed E-state index contributed by atoms with van der Waals surface area (Å²) in [5, 5.41) is 0. The zero-order valence-corrected chi connectivity index (χ0v) is 25.2. The van der Waals surface area contributed by atoms with Crippen molar-refractivity contribution < 1.29 is 23.0 Å². The van der Waals surface area contributed by atoms with Crippen LogP contribution in [-0.4, -0.2) is 48.8 Å². The Labute approximate surface area is 232 Å². The molecule has 0 aromatic carbocycles. The van der Waals surface area contributed by atoms with Crippen LogP contribution in [0.2, 0.25) is 0 Å². The molecule has 2 saturated heterocycles. The normalized spacial score (nSPS) is 34.5. The van der Waals surface area contributed by atoms with Gasteiger partial charge in [-0.3, -0.25) is 9.05 Å². The molecule has 3 unspecified atom stereocenters. The summed E-state index contributed by atoms with van der Waals surface area (Å²) in [5.74, 6) is 4.06. The molecule has 6 bridgehead atoms. The number of phosphoric acid groups is 1. The van der Waals surface area contributed by atoms with Gasteiger partial charge in [-0.1, -0.05) is 61.8 Å². The van der Waals surface area contributed by atoms with E-state index in [1.165, 1.54) is 89.0 Å². The molecule has 38 heavy (non-hydrogen) atoms. The lowest BCUT2D eigenvalue weighted by molar-refractivity contribution is -0.928. The summed E-state index contributed by atoms with van der Waals surface area (Å²) in [5.41, 5.74) is 3.25. The lowest BCUT2D eigenvalue weighted by atomic mass is 9.54. The molecule has 6 rings (SSSR count). The van der Waals surface area contributed by atoms with Crippen LogP contribution in [0.1, 0.15) is 116 Å². The van der Waals surface area contributed by atoms with Gasteiger partial charge in [-0.15, -0.1) is 0 Å². The molecule has 0 amide bonds. The Morgan fingerprint density at radius 2 is 1.34 bits per heavy atom. The molecule has 216 valence electrons. The van der Waals surface area contributed by atoms with Gasteiger partial charge >= 0.3 is 7.82 Å². The number of quaternary nitrogens is 1. The minimum atomic E-state index is -3.95. The smallest absolute Gasteiger partial charge is 0.323 e. The van der Waals surface area contributed by atoms with E-state index in [9.17, 15) is 9.46 Å². The Balaban J connectivity index is 0.842. The van der Waals surface area contributed by atoms with Crippen LogP contribution in [0.5, 0.6) is 0 Å². The number of allylic oxidation sites excluding steroid dienone is 2. The Morgan fingerprint density at radius 1 is 0.789 bits per heavy atom. The number of nitrogens with zero attached hydrogens (tertiary/aromatic N) is 1. The number of fused-ring (bicyclic) bond motifs is 2. The van der Waals surface area contributed by atoms with Crippen molar-refractivity contribution in [2.45, 2.75) is 128 Å². The highest BCUT2D eigenvalue weighted by molar-refractivity contribution is 7.47. The van der Waals surface area contributed by atoms with Crippen molar-refractivity contribution in [2.24, 2.45) is 23.7 Å². The van der Waals surface area contributed by atoms with E-state index in [2.05, 4.69) is 20.2 Å². The largest absolute Gasteiger partial charge is 0.472 e. The maximum absolute atomic E-state index is 12.2. The third-order valence-corrected chi connectivity index (χ3v) is 12.1. The van der Waals surface area contributed by atoms with Crippen molar-refractivity contribution in [1.29, 1.82) is 0 Å². The average molecular weight is 549 g/mol. The third-order valence-electron chi connectivity index (χ3n) is 11.1. The topological polar surface area (TPSA) is 55.8 Å². The van der Waals surface area contributed by atoms with Gasteiger partial charge in [0.2, 0.25) is 0 Å². The number of unbranched alkanes of at least 4 members (excludes halogenated alkanes) is 8. The second-order valence-electron chi connectivity index (χ2n) is 14.0. The zero-order valence-electron chi connectivity index (χ0n) is 24.3. The lowest BCUT2D eigenvalue weighted by Gasteiger charge is -2.51. The molecular formula is C32H55NO4P+. The van der Waals surface area contributed by atoms with Gasteiger partial charge in [0, 0.05) is 25.7 Å². The van der Waals surface area contributed by atoms with Crippen molar-refractivity contribution in [2.75, 3.05) is 27.3 Å². The molecule has 0 radical (unpaired) electrons. The average Bonchev–Trinajstić information content (AvgIpc) is 3.01. The monoisotopic (exact) mass is 548 g/mol. The number of rotatable bonds is 15. The number of hydrogen-bond donors (Lipinski definition) is 1. The zero-order chi connectivity index (χ0) is 26.6. The Kier molecular flexibility index (Phi) is 9.96. The van der Waals surface area contributed by atoms with Crippen molar-refractivity contribution >= 4 is 7.82 Å². The van der Waals surface area contributed by atoms with E-state index in [-0.39, 0.29) is 6.61 Å². The van der Waals surface area contributed by atoms with Gasteiger partial charge in [0.05, 0.1) is 39.4 Å². The van der Waals surface area contributed by atoms with Crippen molar-refractivity contribution in [3.05, 3.63) is 23.3 Å². The van der Waals surface area contributed by atoms with Gasteiger partial charge in [0.1, 0.15) is 0 Å². The highest BCUT2D eigenvalue weighted by Crippen LogP contribution is 2.56. The minimum absolute atomic E-state index is 0.176. The van der Waals surface area contributed by atoms with Gasteiger partial charge in [0.15, 0.2) is 0 Å². The predicted molar refractivity (Wildman–Crippen MR) is 155 cm³/mol. The van der Waals surface area contributed by atoms with Crippen LogP contribution in [-0.2, 0) is 13.6 Å². The number of hydrogen-bond acceptors (Lipinski definition) is 3. The van der Waals surface area contributed by atoms with Crippen LogP contribution >= 0.6 is 7.82 Å². The van der Waals surface area contributed by atoms with E-state index in [1.807, 2.05) is 11.6 Å². The van der Waals surface area contributed by atoms with Crippen LogP contribution < -0.4 is 0 Å². The Morgan fingerprint density at radius 3 is 1.95 bits per heavy atom. The molecular weight excluding hydrogens is 493 g/mol. The molecule has 5 nitrogen and oxygen atoms in total. The highest BCUT2D eigenvalue weighted by atomic mass is 31.2. The summed E-state index contributed by atoms with van der Waals surface area (Å²) in [4.78, 5) is 10.0. The van der Waals surface area contributed by atoms with Crippen LogP contribution in [0.15, 0.2) is 23.3 Å². The maximum Gasteiger partial charge on any atom is 0.472 e. The fourth-order valence-electron chi connectivity index (χ4n) is 8.98. The SMILES string of the molecule is C[N+]1(C)C2CCC1CC(=CCOP(=O)(O)OCCCCCCCCCCC=C1C3CC4CC(C3)CC1C4)C2. The standard InChI is InChI=1S/C32H54NO4P/c1-33(2)30-13-14-31(33)24-25(23-30)15-17-37-38(34,35)36-16-11-9-7-5-3-4-6-8-10-12-32-28-19-26-18-27(21-28)22-29(32)20-26/h12,15,26-31H,3-11,13-14,16-24H2,1-2H3/p+1. The lowest BCUT2D eigenvalue weighted by Crippen LogP contribution is -2.52. The quantitative estimate of drug-likeness (QED) is 0.0967. The van der Waals surface area contributed by atoms with Gasteiger partial charge < -0.3 is 9.38 Å². The van der Waals surface area contributed by atoms with Gasteiger partial charge in [0.25, 0.3) is 0 Å². The summed E-state index contributed by atoms with van der Waals surface area (Å²) < 4.78 is 23.8. The highest BCUT2D eigenvalue weighted by Gasteiger charge is 2.47. The van der Waals surface area contributed by atoms with Crippen LogP contribution in [0.3, 0.4) is 0 Å². The second kappa shape index (κ2) is 13.0.